The summed E-state index contributed by atoms with van der Waals surface area (Å²) >= 11 is 0. The minimum Gasteiger partial charge on any atom is -0.312 e. The highest BCUT2D eigenvalue weighted by molar-refractivity contribution is 5.85. The molecule has 8 rings (SSSR count). The van der Waals surface area contributed by atoms with Gasteiger partial charge in [-0.1, -0.05) is 103 Å². The molecule has 39 heavy (non-hydrogen) atoms. The van der Waals surface area contributed by atoms with Crippen LogP contribution in [0.3, 0.4) is 0 Å². The summed E-state index contributed by atoms with van der Waals surface area (Å²) in [4.78, 5) is 0. The van der Waals surface area contributed by atoms with Gasteiger partial charge in [0, 0.05) is 40.1 Å². The molecule has 1 heterocycles. The van der Waals surface area contributed by atoms with E-state index < -0.39 is 0 Å². The first-order chi connectivity index (χ1) is 19.2. The zero-order valence-electron chi connectivity index (χ0n) is 22.3. The summed E-state index contributed by atoms with van der Waals surface area (Å²) in [6.07, 6.45) is 10.5. The molecule has 0 aliphatic heterocycles. The van der Waals surface area contributed by atoms with Crippen LogP contribution in [0.1, 0.15) is 27.9 Å². The van der Waals surface area contributed by atoms with Gasteiger partial charge >= 0.3 is 0 Å². The van der Waals surface area contributed by atoms with Gasteiger partial charge in [-0.3, -0.25) is 0 Å². The van der Waals surface area contributed by atoms with Crippen LogP contribution in [0.4, 0.5) is 0 Å². The predicted molar refractivity (Wildman–Crippen MR) is 162 cm³/mol. The normalized spacial score (nSPS) is 19.4. The first kappa shape index (κ1) is 22.4. The van der Waals surface area contributed by atoms with Crippen molar-refractivity contribution in [1.82, 2.24) is 4.57 Å². The molecule has 1 aromatic heterocycles. The zero-order valence-corrected chi connectivity index (χ0v) is 22.3. The molecule has 0 saturated carbocycles. The molecule has 0 saturated heterocycles. The molecular formula is C38H29N. The second-order valence-corrected chi connectivity index (χ2v) is 11.0. The smallest absolute Gasteiger partial charge is 0.0616 e. The number of fused-ring (bicyclic) bond motifs is 6. The van der Waals surface area contributed by atoms with Crippen molar-refractivity contribution in [2.24, 2.45) is 5.92 Å². The largest absolute Gasteiger partial charge is 0.312 e. The second-order valence-electron chi connectivity index (χ2n) is 11.0. The minimum absolute atomic E-state index is 0.438. The van der Waals surface area contributed by atoms with E-state index in [1.54, 1.807) is 0 Å². The number of hydrogen-bond acceptors (Lipinski definition) is 0. The lowest BCUT2D eigenvalue weighted by Gasteiger charge is -2.15. The van der Waals surface area contributed by atoms with E-state index in [1.165, 1.54) is 77.6 Å². The number of aromatic nitrogens is 1. The molecule has 5 aromatic rings. The van der Waals surface area contributed by atoms with Crippen molar-refractivity contribution < 1.29 is 0 Å². The van der Waals surface area contributed by atoms with E-state index in [2.05, 4.69) is 140 Å². The lowest BCUT2D eigenvalue weighted by Crippen LogP contribution is -2.33. The van der Waals surface area contributed by atoms with Gasteiger partial charge in [0.25, 0.3) is 0 Å². The Labute approximate surface area is 229 Å². The van der Waals surface area contributed by atoms with Crippen molar-refractivity contribution in [3.8, 4) is 27.9 Å². The number of benzene rings is 4. The molecule has 0 bridgehead atoms. The van der Waals surface area contributed by atoms with Crippen molar-refractivity contribution >= 4 is 11.6 Å². The summed E-state index contributed by atoms with van der Waals surface area (Å²) in [5.41, 5.74) is 16.0. The summed E-state index contributed by atoms with van der Waals surface area (Å²) in [7, 11) is 0. The minimum atomic E-state index is 0.438. The van der Waals surface area contributed by atoms with Crippen molar-refractivity contribution in [1.29, 1.82) is 0 Å². The fourth-order valence-electron chi connectivity index (χ4n) is 6.63. The molecule has 0 spiro atoms. The number of nitrogens with zero attached hydrogens (tertiary/aromatic N) is 1. The Balaban J connectivity index is 1.47. The molecule has 3 aliphatic rings. The molecule has 3 aliphatic carbocycles. The third kappa shape index (κ3) is 3.47. The average molecular weight is 500 g/mol. The molecule has 0 radical (unpaired) electrons. The number of hydrogen-bond donors (Lipinski definition) is 0. The SMILES string of the molecule is Cc1ccccc1-c1ccc(C2=c3/c(c4c(n3-c3ccccc3)Cc3ccccc3-4)=C\C3=CC3\C=C\2)cc1C. The summed E-state index contributed by atoms with van der Waals surface area (Å²) in [6, 6.07) is 35.5. The third-order valence-electron chi connectivity index (χ3n) is 8.62. The molecule has 0 N–H and O–H groups in total. The van der Waals surface area contributed by atoms with Gasteiger partial charge in [0.05, 0.1) is 5.35 Å². The molecule has 1 atom stereocenters. The molecular weight excluding hydrogens is 470 g/mol. The predicted octanol–water partition coefficient (Wildman–Crippen LogP) is 7.44. The highest BCUT2D eigenvalue weighted by atomic mass is 15.0. The van der Waals surface area contributed by atoms with Crippen LogP contribution in [0, 0.1) is 19.8 Å². The maximum Gasteiger partial charge on any atom is 0.0616 e. The van der Waals surface area contributed by atoms with Gasteiger partial charge in [-0.15, -0.1) is 0 Å². The quantitative estimate of drug-likeness (QED) is 0.238. The Morgan fingerprint density at radius 2 is 1.46 bits per heavy atom. The fraction of sp³-hybridized carbons (Fsp3) is 0.105. The summed E-state index contributed by atoms with van der Waals surface area (Å²) < 4.78 is 2.54. The summed E-state index contributed by atoms with van der Waals surface area (Å²) in [5.74, 6) is 0.438. The molecule has 0 amide bonds. The van der Waals surface area contributed by atoms with Gasteiger partial charge in [0.1, 0.15) is 0 Å². The maximum absolute atomic E-state index is 2.54. The van der Waals surface area contributed by atoms with Crippen molar-refractivity contribution in [3.05, 3.63) is 159 Å². The average Bonchev–Trinajstić information content (AvgIpc) is 3.46. The molecule has 1 nitrogen and oxygen atoms in total. The second kappa shape index (κ2) is 8.44. The Kier molecular flexibility index (Phi) is 4.84. The van der Waals surface area contributed by atoms with Crippen LogP contribution in [-0.4, -0.2) is 4.57 Å². The van der Waals surface area contributed by atoms with Crippen LogP contribution in [-0.2, 0) is 6.42 Å². The number of allylic oxidation sites excluding steroid dienone is 4. The molecule has 1 heteroatoms. The molecule has 0 fully saturated rings. The lowest BCUT2D eigenvalue weighted by atomic mass is 9.92. The lowest BCUT2D eigenvalue weighted by molar-refractivity contribution is 0.939. The molecule has 4 aromatic carbocycles. The monoisotopic (exact) mass is 499 g/mol. The third-order valence-corrected chi connectivity index (χ3v) is 8.62. The van der Waals surface area contributed by atoms with E-state index in [0.717, 1.165) is 6.42 Å². The molecule has 186 valence electrons. The van der Waals surface area contributed by atoms with E-state index in [0.29, 0.717) is 5.92 Å². The van der Waals surface area contributed by atoms with Crippen molar-refractivity contribution in [3.63, 3.8) is 0 Å². The number of rotatable bonds is 3. The van der Waals surface area contributed by atoms with Gasteiger partial charge in [0.15, 0.2) is 0 Å². The van der Waals surface area contributed by atoms with Crippen LogP contribution in [0.2, 0.25) is 0 Å². The first-order valence-corrected chi connectivity index (χ1v) is 13.9. The van der Waals surface area contributed by atoms with Gasteiger partial charge in [0.2, 0.25) is 0 Å². The van der Waals surface area contributed by atoms with Gasteiger partial charge in [-0.2, -0.15) is 0 Å². The van der Waals surface area contributed by atoms with Crippen LogP contribution in [0.5, 0.6) is 0 Å². The highest BCUT2D eigenvalue weighted by Gasteiger charge is 2.29. The van der Waals surface area contributed by atoms with E-state index in [9.17, 15) is 0 Å². The van der Waals surface area contributed by atoms with Crippen LogP contribution >= 0.6 is 0 Å². The maximum atomic E-state index is 2.54. The number of para-hydroxylation sites is 1. The Morgan fingerprint density at radius 3 is 2.28 bits per heavy atom. The van der Waals surface area contributed by atoms with Gasteiger partial charge in [-0.25, -0.2) is 0 Å². The van der Waals surface area contributed by atoms with Crippen molar-refractivity contribution in [2.45, 2.75) is 20.3 Å². The standard InChI is InChI=1S/C38H29N/c1-24-10-6-8-14-31(24)32-18-17-28(20-25(32)2)34-19-16-26-21-29(26)22-35-37-33-15-9-7-11-27(33)23-36(37)39(38(34)35)30-12-4-3-5-13-30/h3-22,26H,23H2,1-2H3/b19-16+,35-22-,38-34-. The van der Waals surface area contributed by atoms with E-state index in [-0.39, 0.29) is 0 Å². The van der Waals surface area contributed by atoms with Crippen LogP contribution in [0.15, 0.2) is 121 Å². The Morgan fingerprint density at radius 1 is 0.718 bits per heavy atom. The zero-order chi connectivity index (χ0) is 26.1. The van der Waals surface area contributed by atoms with E-state index in [1.807, 2.05) is 0 Å². The van der Waals surface area contributed by atoms with Gasteiger partial charge in [-0.05, 0) is 76.6 Å². The summed E-state index contributed by atoms with van der Waals surface area (Å²) in [5, 5.41) is 2.65. The van der Waals surface area contributed by atoms with E-state index in [4.69, 9.17) is 0 Å². The fourth-order valence-corrected chi connectivity index (χ4v) is 6.63. The van der Waals surface area contributed by atoms with Crippen molar-refractivity contribution in [2.75, 3.05) is 0 Å². The number of aryl methyl sites for hydroxylation is 2. The highest BCUT2D eigenvalue weighted by Crippen LogP contribution is 2.38. The van der Waals surface area contributed by atoms with Crippen LogP contribution < -0.4 is 10.6 Å². The Hall–Kier alpha value is -4.62. The van der Waals surface area contributed by atoms with Gasteiger partial charge < -0.3 is 4.57 Å². The summed E-state index contributed by atoms with van der Waals surface area (Å²) in [6.45, 7) is 4.45. The first-order valence-electron chi connectivity index (χ1n) is 13.9. The van der Waals surface area contributed by atoms with E-state index >= 15 is 0 Å². The molecule has 1 unspecified atom stereocenters. The Bertz CT molecular complexity index is 2000. The topological polar surface area (TPSA) is 4.93 Å². The van der Waals surface area contributed by atoms with Crippen LogP contribution in [0.25, 0.3) is 39.6 Å².